The van der Waals surface area contributed by atoms with Gasteiger partial charge in [0.25, 0.3) is 0 Å². The molecule has 15 heavy (non-hydrogen) atoms. The second-order valence-electron chi connectivity index (χ2n) is 4.06. The van der Waals surface area contributed by atoms with E-state index in [-0.39, 0.29) is 0 Å². The number of hydrogen-bond donors (Lipinski definition) is 0. The minimum absolute atomic E-state index is 0.398. The lowest BCUT2D eigenvalue weighted by Crippen LogP contribution is -2.15. The maximum atomic E-state index is 12.5. The van der Waals surface area contributed by atoms with E-state index in [0.717, 1.165) is 5.56 Å². The van der Waals surface area contributed by atoms with Gasteiger partial charge in [0.05, 0.1) is 6.61 Å². The number of fused-ring (bicyclic) bond motifs is 1. The molecule has 0 N–H and O–H groups in total. The van der Waals surface area contributed by atoms with E-state index < -0.39 is 12.8 Å². The van der Waals surface area contributed by atoms with Crippen LogP contribution in [0.3, 0.4) is 0 Å². The van der Waals surface area contributed by atoms with Crippen LogP contribution in [0.4, 0.5) is 0 Å². The van der Waals surface area contributed by atoms with E-state index in [1.165, 1.54) is 0 Å². The first-order valence-electron chi connectivity index (χ1n) is 5.05. The quantitative estimate of drug-likeness (QED) is 0.723. The second kappa shape index (κ2) is 3.36. The van der Waals surface area contributed by atoms with E-state index in [1.54, 1.807) is 0 Å². The molecule has 0 radical (unpaired) electrons. The van der Waals surface area contributed by atoms with Gasteiger partial charge in [-0.2, -0.15) is 0 Å². The lowest BCUT2D eigenvalue weighted by molar-refractivity contribution is 0.270. The van der Waals surface area contributed by atoms with Gasteiger partial charge in [-0.15, -0.1) is 0 Å². The zero-order valence-electron chi connectivity index (χ0n) is 9.19. The molecule has 1 aromatic rings. The first kappa shape index (κ1) is 10.7. The summed E-state index contributed by atoms with van der Waals surface area (Å²) >= 11 is 0. The SMILES string of the molecule is CCOP1(=O)Oc2ccccc2C1(C)C. The second-order valence-corrected chi connectivity index (χ2v) is 6.62. The summed E-state index contributed by atoms with van der Waals surface area (Å²) < 4.78 is 23.3. The Morgan fingerprint density at radius 2 is 2.07 bits per heavy atom. The van der Waals surface area contributed by atoms with Gasteiger partial charge in [-0.25, -0.2) is 4.57 Å². The molecule has 4 heteroatoms. The van der Waals surface area contributed by atoms with Crippen LogP contribution in [0.5, 0.6) is 5.75 Å². The van der Waals surface area contributed by atoms with Crippen LogP contribution < -0.4 is 4.52 Å². The van der Waals surface area contributed by atoms with Crippen molar-refractivity contribution in [2.75, 3.05) is 6.61 Å². The average Bonchev–Trinajstić information content (AvgIpc) is 2.36. The number of benzene rings is 1. The normalized spacial score (nSPS) is 27.1. The van der Waals surface area contributed by atoms with E-state index in [9.17, 15) is 4.57 Å². The van der Waals surface area contributed by atoms with Crippen LogP contribution in [0.25, 0.3) is 0 Å². The molecule has 1 unspecified atom stereocenters. The highest BCUT2D eigenvalue weighted by atomic mass is 31.2. The molecule has 1 atom stereocenters. The molecule has 0 aromatic heterocycles. The lowest BCUT2D eigenvalue weighted by atomic mass is 10.0. The van der Waals surface area contributed by atoms with Crippen molar-refractivity contribution >= 4 is 7.60 Å². The maximum absolute atomic E-state index is 12.5. The summed E-state index contributed by atoms with van der Waals surface area (Å²) in [6, 6.07) is 7.56. The van der Waals surface area contributed by atoms with Gasteiger partial charge in [0, 0.05) is 5.56 Å². The number of rotatable bonds is 2. The molecule has 3 nitrogen and oxygen atoms in total. The van der Waals surface area contributed by atoms with Crippen molar-refractivity contribution in [2.45, 2.75) is 25.9 Å². The summed E-state index contributed by atoms with van der Waals surface area (Å²) in [5.41, 5.74) is 0.960. The molecule has 0 spiro atoms. The predicted molar refractivity (Wildman–Crippen MR) is 59.3 cm³/mol. The van der Waals surface area contributed by atoms with E-state index in [4.69, 9.17) is 9.05 Å². The molecule has 82 valence electrons. The molecule has 1 heterocycles. The number of hydrogen-bond acceptors (Lipinski definition) is 3. The lowest BCUT2D eigenvalue weighted by Gasteiger charge is -2.24. The summed E-state index contributed by atoms with van der Waals surface area (Å²) in [5, 5.41) is -0.556. The minimum Gasteiger partial charge on any atom is -0.423 e. The predicted octanol–water partition coefficient (Wildman–Crippen LogP) is 3.54. The Hall–Kier alpha value is -0.790. The van der Waals surface area contributed by atoms with E-state index in [0.29, 0.717) is 12.4 Å². The van der Waals surface area contributed by atoms with Gasteiger partial charge in [-0.05, 0) is 26.8 Å². The van der Waals surface area contributed by atoms with Crippen LogP contribution in [0, 0.1) is 0 Å². The van der Waals surface area contributed by atoms with Crippen molar-refractivity contribution in [1.82, 2.24) is 0 Å². The van der Waals surface area contributed by atoms with E-state index in [2.05, 4.69) is 0 Å². The third-order valence-electron chi connectivity index (χ3n) is 2.75. The monoisotopic (exact) mass is 226 g/mol. The fraction of sp³-hybridized carbons (Fsp3) is 0.455. The number of para-hydroxylation sites is 1. The van der Waals surface area contributed by atoms with Gasteiger partial charge in [0.15, 0.2) is 0 Å². The third-order valence-corrected chi connectivity index (χ3v) is 5.39. The van der Waals surface area contributed by atoms with E-state index >= 15 is 0 Å². The van der Waals surface area contributed by atoms with Crippen LogP contribution in [0.2, 0.25) is 0 Å². The van der Waals surface area contributed by atoms with Crippen molar-refractivity contribution < 1.29 is 13.6 Å². The summed E-state index contributed by atoms with van der Waals surface area (Å²) in [6.45, 7) is 6.02. The largest absolute Gasteiger partial charge is 0.423 e. The Kier molecular flexibility index (Phi) is 2.40. The molecule has 0 aliphatic carbocycles. The van der Waals surface area contributed by atoms with Gasteiger partial charge in [-0.1, -0.05) is 18.2 Å². The van der Waals surface area contributed by atoms with Gasteiger partial charge < -0.3 is 4.52 Å². The van der Waals surface area contributed by atoms with Crippen molar-refractivity contribution in [3.05, 3.63) is 29.8 Å². The molecular weight excluding hydrogens is 211 g/mol. The Balaban J connectivity index is 2.51. The van der Waals surface area contributed by atoms with Crippen LogP contribution in [-0.2, 0) is 14.2 Å². The average molecular weight is 226 g/mol. The topological polar surface area (TPSA) is 35.5 Å². The third kappa shape index (κ3) is 1.42. The van der Waals surface area contributed by atoms with Crippen molar-refractivity contribution in [1.29, 1.82) is 0 Å². The zero-order chi connectivity index (χ0) is 11.1. The summed E-state index contributed by atoms with van der Waals surface area (Å²) in [5.74, 6) is 0.680. The van der Waals surface area contributed by atoms with Gasteiger partial charge in [-0.3, -0.25) is 4.52 Å². The molecule has 0 saturated heterocycles. The molecule has 2 rings (SSSR count). The van der Waals surface area contributed by atoms with Gasteiger partial charge >= 0.3 is 7.60 Å². The standard InChI is InChI=1S/C11H15O3P/c1-4-13-15(12)11(2,3)9-7-5-6-8-10(9)14-15/h5-8H,4H2,1-3H3. The van der Waals surface area contributed by atoms with Crippen LogP contribution in [0.1, 0.15) is 26.3 Å². The molecule has 0 bridgehead atoms. The Labute approximate surface area is 89.9 Å². The van der Waals surface area contributed by atoms with Gasteiger partial charge in [0.2, 0.25) is 0 Å². The summed E-state index contributed by atoms with van der Waals surface area (Å²) in [7, 11) is -3.05. The molecule has 0 amide bonds. The van der Waals surface area contributed by atoms with Crippen LogP contribution in [0.15, 0.2) is 24.3 Å². The first-order valence-corrected chi connectivity index (χ1v) is 6.59. The van der Waals surface area contributed by atoms with Crippen molar-refractivity contribution in [3.8, 4) is 5.75 Å². The van der Waals surface area contributed by atoms with Crippen molar-refractivity contribution in [3.63, 3.8) is 0 Å². The highest BCUT2D eigenvalue weighted by Crippen LogP contribution is 2.70. The molecule has 1 aliphatic rings. The fourth-order valence-corrected chi connectivity index (χ4v) is 3.64. The first-order chi connectivity index (χ1) is 7.01. The van der Waals surface area contributed by atoms with Gasteiger partial charge in [0.1, 0.15) is 10.9 Å². The molecule has 0 fully saturated rings. The Morgan fingerprint density at radius 1 is 1.40 bits per heavy atom. The molecule has 1 aliphatic heterocycles. The van der Waals surface area contributed by atoms with Crippen LogP contribution >= 0.6 is 7.60 Å². The van der Waals surface area contributed by atoms with Crippen LogP contribution in [-0.4, -0.2) is 6.61 Å². The molecule has 1 aromatic carbocycles. The fourth-order valence-electron chi connectivity index (χ4n) is 1.80. The summed E-state index contributed by atoms with van der Waals surface area (Å²) in [6.07, 6.45) is 0. The highest BCUT2D eigenvalue weighted by Gasteiger charge is 2.52. The van der Waals surface area contributed by atoms with Crippen molar-refractivity contribution in [2.24, 2.45) is 0 Å². The minimum atomic E-state index is -3.05. The summed E-state index contributed by atoms with van der Waals surface area (Å²) in [4.78, 5) is 0. The molecule has 0 saturated carbocycles. The smallest absolute Gasteiger partial charge is 0.389 e. The zero-order valence-corrected chi connectivity index (χ0v) is 10.1. The Bertz CT molecular complexity index is 426. The highest BCUT2D eigenvalue weighted by molar-refractivity contribution is 7.56. The Morgan fingerprint density at radius 3 is 2.67 bits per heavy atom. The molecular formula is C11H15O3P. The maximum Gasteiger partial charge on any atom is 0.389 e. The van der Waals surface area contributed by atoms with E-state index in [1.807, 2.05) is 45.0 Å².